The lowest BCUT2D eigenvalue weighted by molar-refractivity contribution is -0.123. The first-order valence-electron chi connectivity index (χ1n) is 6.02. The highest BCUT2D eigenvalue weighted by Gasteiger charge is 2.75. The number of nitrogens with two attached hydrogens (primary N) is 1. The fourth-order valence-corrected chi connectivity index (χ4v) is 7.18. The van der Waals surface area contributed by atoms with E-state index in [2.05, 4.69) is 18.6 Å². The summed E-state index contributed by atoms with van der Waals surface area (Å²) in [5, 5.41) is -0.610. The number of rotatable bonds is 1. The Bertz CT molecular complexity index is 499. The minimum atomic E-state index is -3.38. The molecular formula is C11H18N2O3S. The SMILES string of the molecule is CC1(C)C2CCC13CNS(=O)(=O)C3C2C(N)=O. The van der Waals surface area contributed by atoms with Gasteiger partial charge in [-0.2, -0.15) is 0 Å². The second-order valence-electron chi connectivity index (χ2n) is 6.24. The number of hydrogen-bond acceptors (Lipinski definition) is 3. The lowest BCUT2D eigenvalue weighted by atomic mass is 9.69. The summed E-state index contributed by atoms with van der Waals surface area (Å²) in [5.74, 6) is -0.859. The van der Waals surface area contributed by atoms with E-state index < -0.39 is 27.1 Å². The van der Waals surface area contributed by atoms with E-state index in [0.717, 1.165) is 12.8 Å². The summed E-state index contributed by atoms with van der Waals surface area (Å²) in [6.07, 6.45) is 1.79. The summed E-state index contributed by atoms with van der Waals surface area (Å²) in [6, 6.07) is 0. The molecule has 1 saturated heterocycles. The Balaban J connectivity index is 2.22. The highest BCUT2D eigenvalue weighted by atomic mass is 32.2. The second-order valence-corrected chi connectivity index (χ2v) is 8.12. The summed E-state index contributed by atoms with van der Waals surface area (Å²) >= 11 is 0. The van der Waals surface area contributed by atoms with Gasteiger partial charge in [0.05, 0.1) is 11.2 Å². The summed E-state index contributed by atoms with van der Waals surface area (Å²) in [4.78, 5) is 11.6. The zero-order chi connectivity index (χ0) is 12.6. The zero-order valence-corrected chi connectivity index (χ0v) is 10.9. The van der Waals surface area contributed by atoms with E-state index in [1.54, 1.807) is 0 Å². The Morgan fingerprint density at radius 3 is 2.65 bits per heavy atom. The van der Waals surface area contributed by atoms with E-state index in [1.165, 1.54) is 0 Å². The molecule has 17 heavy (non-hydrogen) atoms. The number of carbonyl (C=O) groups is 1. The number of hydrogen-bond donors (Lipinski definition) is 2. The predicted molar refractivity (Wildman–Crippen MR) is 62.3 cm³/mol. The number of primary amides is 1. The second kappa shape index (κ2) is 2.85. The third-order valence-corrected chi connectivity index (χ3v) is 7.63. The fraction of sp³-hybridized carbons (Fsp3) is 0.909. The van der Waals surface area contributed by atoms with Crippen molar-refractivity contribution in [2.24, 2.45) is 28.4 Å². The highest BCUT2D eigenvalue weighted by molar-refractivity contribution is 7.90. The molecule has 4 unspecified atom stereocenters. The molecule has 0 radical (unpaired) electrons. The van der Waals surface area contributed by atoms with Crippen molar-refractivity contribution in [1.82, 2.24) is 4.72 Å². The molecule has 1 aliphatic heterocycles. The Kier molecular flexibility index (Phi) is 1.93. The van der Waals surface area contributed by atoms with Crippen LogP contribution in [0.3, 0.4) is 0 Å². The standard InChI is InChI=1S/C11H18N2O3S/c1-10(2)6-3-4-11(10)5-13-17(15,16)8(11)7(6)9(12)14/h6-8,13H,3-5H2,1-2H3,(H2,12,14). The Morgan fingerprint density at radius 1 is 1.41 bits per heavy atom. The van der Waals surface area contributed by atoms with Crippen molar-refractivity contribution < 1.29 is 13.2 Å². The molecule has 3 aliphatic rings. The molecule has 1 amide bonds. The van der Waals surface area contributed by atoms with Crippen LogP contribution in [0.15, 0.2) is 0 Å². The molecule has 4 atom stereocenters. The maximum atomic E-state index is 12.1. The van der Waals surface area contributed by atoms with Gasteiger partial charge in [-0.3, -0.25) is 4.79 Å². The third-order valence-electron chi connectivity index (χ3n) is 5.67. The van der Waals surface area contributed by atoms with Crippen molar-refractivity contribution in [2.45, 2.75) is 31.9 Å². The van der Waals surface area contributed by atoms with E-state index in [1.807, 2.05) is 0 Å². The van der Waals surface area contributed by atoms with Crippen molar-refractivity contribution in [2.75, 3.05) is 6.54 Å². The van der Waals surface area contributed by atoms with Crippen molar-refractivity contribution in [3.8, 4) is 0 Å². The van der Waals surface area contributed by atoms with Gasteiger partial charge >= 0.3 is 0 Å². The number of amides is 1. The number of carbonyl (C=O) groups excluding carboxylic acids is 1. The van der Waals surface area contributed by atoms with Crippen LogP contribution in [0, 0.1) is 22.7 Å². The van der Waals surface area contributed by atoms with E-state index in [9.17, 15) is 13.2 Å². The van der Waals surface area contributed by atoms with Crippen molar-refractivity contribution in [3.63, 3.8) is 0 Å². The highest BCUT2D eigenvalue weighted by Crippen LogP contribution is 2.70. The maximum Gasteiger partial charge on any atom is 0.222 e. The minimum absolute atomic E-state index is 0.113. The molecular weight excluding hydrogens is 240 g/mol. The van der Waals surface area contributed by atoms with Gasteiger partial charge in [0.25, 0.3) is 0 Å². The predicted octanol–water partition coefficient (Wildman–Crippen LogP) is -0.174. The van der Waals surface area contributed by atoms with Gasteiger partial charge in [0.2, 0.25) is 15.9 Å². The molecule has 2 saturated carbocycles. The maximum absolute atomic E-state index is 12.1. The van der Waals surface area contributed by atoms with Gasteiger partial charge in [0, 0.05) is 12.0 Å². The summed E-state index contributed by atoms with van der Waals surface area (Å²) < 4.78 is 26.8. The molecule has 96 valence electrons. The summed E-state index contributed by atoms with van der Waals surface area (Å²) in [6.45, 7) is 4.64. The summed E-state index contributed by atoms with van der Waals surface area (Å²) in [5.41, 5.74) is 5.02. The van der Waals surface area contributed by atoms with Crippen LogP contribution in [0.1, 0.15) is 26.7 Å². The Morgan fingerprint density at radius 2 is 2.06 bits per heavy atom. The minimum Gasteiger partial charge on any atom is -0.369 e. The topological polar surface area (TPSA) is 89.3 Å². The molecule has 5 nitrogen and oxygen atoms in total. The molecule has 3 rings (SSSR count). The van der Waals surface area contributed by atoms with Gasteiger partial charge in [-0.25, -0.2) is 13.1 Å². The van der Waals surface area contributed by atoms with Gasteiger partial charge in [0.1, 0.15) is 0 Å². The third kappa shape index (κ3) is 1.04. The van der Waals surface area contributed by atoms with Gasteiger partial charge in [-0.1, -0.05) is 13.8 Å². The number of nitrogens with one attached hydrogen (secondary N) is 1. The molecule has 1 heterocycles. The van der Waals surface area contributed by atoms with Crippen molar-refractivity contribution in [3.05, 3.63) is 0 Å². The molecule has 3 fully saturated rings. The van der Waals surface area contributed by atoms with Gasteiger partial charge in [-0.15, -0.1) is 0 Å². The largest absolute Gasteiger partial charge is 0.369 e. The normalized spacial score (nSPS) is 49.2. The van der Waals surface area contributed by atoms with E-state index >= 15 is 0 Å². The molecule has 6 heteroatoms. The first-order chi connectivity index (χ1) is 7.74. The number of fused-ring (bicyclic) bond motifs is 1. The van der Waals surface area contributed by atoms with Crippen molar-refractivity contribution >= 4 is 15.9 Å². The molecule has 1 spiro atoms. The Hall–Kier alpha value is -0.620. The summed E-state index contributed by atoms with van der Waals surface area (Å²) in [7, 11) is -3.38. The van der Waals surface area contributed by atoms with Crippen LogP contribution in [0.2, 0.25) is 0 Å². The Labute approximate surface area is 101 Å². The molecule has 0 aromatic carbocycles. The van der Waals surface area contributed by atoms with E-state index in [0.29, 0.717) is 6.54 Å². The van der Waals surface area contributed by atoms with Gasteiger partial charge in [0.15, 0.2) is 0 Å². The van der Waals surface area contributed by atoms with Crippen LogP contribution in [0.4, 0.5) is 0 Å². The molecule has 3 N–H and O–H groups in total. The lowest BCUT2D eigenvalue weighted by Crippen LogP contribution is -2.44. The molecule has 0 aromatic heterocycles. The van der Waals surface area contributed by atoms with Gasteiger partial charge in [-0.05, 0) is 24.2 Å². The molecule has 2 aliphatic carbocycles. The average molecular weight is 258 g/mol. The van der Waals surface area contributed by atoms with Crippen LogP contribution < -0.4 is 10.5 Å². The van der Waals surface area contributed by atoms with Crippen molar-refractivity contribution in [1.29, 1.82) is 0 Å². The molecule has 2 bridgehead atoms. The van der Waals surface area contributed by atoms with Crippen LogP contribution in [0.25, 0.3) is 0 Å². The molecule has 0 aromatic rings. The van der Waals surface area contributed by atoms with Crippen LogP contribution in [0.5, 0.6) is 0 Å². The number of sulfonamides is 1. The lowest BCUT2D eigenvalue weighted by Gasteiger charge is -2.36. The quantitative estimate of drug-likeness (QED) is 0.684. The van der Waals surface area contributed by atoms with Crippen LogP contribution in [-0.4, -0.2) is 26.1 Å². The van der Waals surface area contributed by atoms with Gasteiger partial charge < -0.3 is 5.73 Å². The average Bonchev–Trinajstić information content (AvgIpc) is 2.71. The first-order valence-corrected chi connectivity index (χ1v) is 7.56. The van der Waals surface area contributed by atoms with E-state index in [-0.39, 0.29) is 16.7 Å². The first kappa shape index (κ1) is 11.5. The zero-order valence-electron chi connectivity index (χ0n) is 10.1. The van der Waals surface area contributed by atoms with Crippen LogP contribution >= 0.6 is 0 Å². The van der Waals surface area contributed by atoms with Crippen LogP contribution in [-0.2, 0) is 14.8 Å². The smallest absolute Gasteiger partial charge is 0.222 e. The fourth-order valence-electron chi connectivity index (χ4n) is 4.73. The monoisotopic (exact) mass is 258 g/mol. The van der Waals surface area contributed by atoms with E-state index in [4.69, 9.17) is 5.73 Å².